The summed E-state index contributed by atoms with van der Waals surface area (Å²) in [5.74, 6) is 0. The first kappa shape index (κ1) is 14.4. The maximum atomic E-state index is 10.6. The van der Waals surface area contributed by atoms with Crippen molar-refractivity contribution in [2.45, 2.75) is 6.10 Å². The molecule has 2 aromatic carbocycles. The molecule has 0 spiro atoms. The second-order valence-electron chi connectivity index (χ2n) is 4.41. The highest BCUT2D eigenvalue weighted by Crippen LogP contribution is 2.38. The Morgan fingerprint density at radius 2 is 1.80 bits per heavy atom. The lowest BCUT2D eigenvalue weighted by atomic mass is 10.0. The van der Waals surface area contributed by atoms with Crippen molar-refractivity contribution in [1.82, 2.24) is 0 Å². The number of aliphatic hydroxyl groups is 1. The van der Waals surface area contributed by atoms with E-state index in [-0.39, 0.29) is 0 Å². The molecular weight excluding hydrogens is 379 g/mol. The summed E-state index contributed by atoms with van der Waals surface area (Å²) in [5.41, 5.74) is 1.56. The largest absolute Gasteiger partial charge is 0.384 e. The smallest absolute Gasteiger partial charge is 0.106 e. The molecule has 0 bridgehead atoms. The first-order chi connectivity index (χ1) is 9.56. The monoisotopic (exact) mass is 386 g/mol. The van der Waals surface area contributed by atoms with Gasteiger partial charge in [0.05, 0.1) is 0 Å². The predicted octanol–water partition coefficient (Wildman–Crippen LogP) is 6.05. The summed E-state index contributed by atoms with van der Waals surface area (Å²) in [6.45, 7) is 0. The summed E-state index contributed by atoms with van der Waals surface area (Å²) in [5, 5.41) is 14.6. The minimum Gasteiger partial charge on any atom is -0.384 e. The molecule has 0 aliphatic heterocycles. The Morgan fingerprint density at radius 1 is 1.10 bits per heavy atom. The van der Waals surface area contributed by atoms with E-state index in [1.807, 2.05) is 23.6 Å². The van der Waals surface area contributed by atoms with Crippen molar-refractivity contribution in [2.24, 2.45) is 0 Å². The molecular formula is C15H9BrCl2OS. The number of fused-ring (bicyclic) bond motifs is 1. The van der Waals surface area contributed by atoms with Gasteiger partial charge >= 0.3 is 0 Å². The molecule has 0 aliphatic carbocycles. The molecule has 0 radical (unpaired) electrons. The summed E-state index contributed by atoms with van der Waals surface area (Å²) < 4.78 is 2.15. The standard InChI is InChI=1S/C15H9BrCl2OS/c16-13-3-1-2-11-12(7-20-15(11)13)14(19)8-4-9(17)6-10(18)5-8/h1-7,14,19H. The van der Waals surface area contributed by atoms with Crippen LogP contribution in [0.15, 0.2) is 46.3 Å². The van der Waals surface area contributed by atoms with Gasteiger partial charge in [-0.15, -0.1) is 11.3 Å². The highest BCUT2D eigenvalue weighted by Gasteiger charge is 2.17. The lowest BCUT2D eigenvalue weighted by molar-refractivity contribution is 0.222. The molecule has 1 N–H and O–H groups in total. The Bertz CT molecular complexity index is 764. The molecule has 102 valence electrons. The van der Waals surface area contributed by atoms with Crippen molar-refractivity contribution in [3.05, 3.63) is 67.4 Å². The fourth-order valence-electron chi connectivity index (χ4n) is 2.17. The maximum absolute atomic E-state index is 10.6. The van der Waals surface area contributed by atoms with E-state index in [2.05, 4.69) is 15.9 Å². The molecule has 0 amide bonds. The minimum atomic E-state index is -0.741. The zero-order chi connectivity index (χ0) is 14.3. The van der Waals surface area contributed by atoms with Crippen LogP contribution >= 0.6 is 50.5 Å². The van der Waals surface area contributed by atoms with Crippen molar-refractivity contribution < 1.29 is 5.11 Å². The van der Waals surface area contributed by atoms with Gasteiger partial charge < -0.3 is 5.11 Å². The molecule has 5 heteroatoms. The van der Waals surface area contributed by atoms with E-state index < -0.39 is 6.10 Å². The van der Waals surface area contributed by atoms with Gasteiger partial charge in [0.25, 0.3) is 0 Å². The van der Waals surface area contributed by atoms with Gasteiger partial charge in [0, 0.05) is 24.8 Å². The van der Waals surface area contributed by atoms with Crippen LogP contribution in [0.2, 0.25) is 10.0 Å². The normalized spacial score (nSPS) is 12.8. The fourth-order valence-corrected chi connectivity index (χ4v) is 4.35. The van der Waals surface area contributed by atoms with Crippen molar-refractivity contribution >= 4 is 60.6 Å². The maximum Gasteiger partial charge on any atom is 0.106 e. The number of thiophene rings is 1. The molecule has 0 fully saturated rings. The predicted molar refractivity (Wildman–Crippen MR) is 90.0 cm³/mol. The fraction of sp³-hybridized carbons (Fsp3) is 0.0667. The highest BCUT2D eigenvalue weighted by atomic mass is 79.9. The van der Waals surface area contributed by atoms with Crippen molar-refractivity contribution in [2.75, 3.05) is 0 Å². The Morgan fingerprint density at radius 3 is 2.50 bits per heavy atom. The molecule has 3 rings (SSSR count). The Kier molecular flexibility index (Phi) is 4.07. The molecule has 0 saturated carbocycles. The second-order valence-corrected chi connectivity index (χ2v) is 7.02. The quantitative estimate of drug-likeness (QED) is 0.567. The van der Waals surface area contributed by atoms with Gasteiger partial charge in [-0.25, -0.2) is 0 Å². The lowest BCUT2D eigenvalue weighted by Crippen LogP contribution is -1.98. The van der Waals surface area contributed by atoms with Crippen LogP contribution in [-0.2, 0) is 0 Å². The van der Waals surface area contributed by atoms with Gasteiger partial charge in [0.2, 0.25) is 0 Å². The van der Waals surface area contributed by atoms with Gasteiger partial charge in [0.1, 0.15) is 6.10 Å². The van der Waals surface area contributed by atoms with Gasteiger partial charge in [-0.05, 0) is 56.5 Å². The van der Waals surface area contributed by atoms with Crippen molar-refractivity contribution in [3.8, 4) is 0 Å². The van der Waals surface area contributed by atoms with E-state index in [0.717, 1.165) is 20.1 Å². The third-order valence-corrected chi connectivity index (χ3v) is 5.48. The average Bonchev–Trinajstić information content (AvgIpc) is 2.82. The first-order valence-electron chi connectivity index (χ1n) is 5.86. The van der Waals surface area contributed by atoms with Gasteiger partial charge in [0.15, 0.2) is 0 Å². The number of benzene rings is 2. The van der Waals surface area contributed by atoms with Crippen molar-refractivity contribution in [3.63, 3.8) is 0 Å². The van der Waals surface area contributed by atoms with Crippen LogP contribution in [0.25, 0.3) is 10.1 Å². The zero-order valence-electron chi connectivity index (χ0n) is 10.1. The number of hydrogen-bond acceptors (Lipinski definition) is 2. The molecule has 3 aromatic rings. The topological polar surface area (TPSA) is 20.2 Å². The van der Waals surface area contributed by atoms with E-state index in [9.17, 15) is 5.11 Å². The van der Waals surface area contributed by atoms with Crippen LogP contribution in [0.4, 0.5) is 0 Å². The SMILES string of the molecule is OC(c1cc(Cl)cc(Cl)c1)c1csc2c(Br)cccc12. The third kappa shape index (κ3) is 2.61. The average molecular weight is 388 g/mol. The summed E-state index contributed by atoms with van der Waals surface area (Å²) in [7, 11) is 0. The van der Waals surface area contributed by atoms with Crippen LogP contribution in [0, 0.1) is 0 Å². The molecule has 1 unspecified atom stereocenters. The van der Waals surface area contributed by atoms with Gasteiger partial charge in [-0.3, -0.25) is 0 Å². The Balaban J connectivity index is 2.13. The number of halogens is 3. The molecule has 0 saturated heterocycles. The summed E-state index contributed by atoms with van der Waals surface area (Å²) in [6, 6.07) is 11.1. The third-order valence-electron chi connectivity index (χ3n) is 3.08. The van der Waals surface area contributed by atoms with Crippen LogP contribution < -0.4 is 0 Å². The zero-order valence-corrected chi connectivity index (χ0v) is 14.0. The Labute approximate surface area is 138 Å². The molecule has 1 heterocycles. The molecule has 1 atom stereocenters. The Hall–Kier alpha value is -0.580. The van der Waals surface area contributed by atoms with Crippen LogP contribution in [0.1, 0.15) is 17.2 Å². The van der Waals surface area contributed by atoms with E-state index in [1.165, 1.54) is 0 Å². The van der Waals surface area contributed by atoms with Gasteiger partial charge in [-0.2, -0.15) is 0 Å². The molecule has 1 nitrogen and oxygen atoms in total. The molecule has 1 aromatic heterocycles. The summed E-state index contributed by atoms with van der Waals surface area (Å²) in [4.78, 5) is 0. The highest BCUT2D eigenvalue weighted by molar-refractivity contribution is 9.10. The summed E-state index contributed by atoms with van der Waals surface area (Å²) >= 11 is 17.1. The summed E-state index contributed by atoms with van der Waals surface area (Å²) in [6.07, 6.45) is -0.741. The number of aliphatic hydroxyl groups excluding tert-OH is 1. The van der Waals surface area contributed by atoms with E-state index >= 15 is 0 Å². The van der Waals surface area contributed by atoms with Crippen LogP contribution in [-0.4, -0.2) is 5.11 Å². The first-order valence-corrected chi connectivity index (χ1v) is 8.29. The molecule has 20 heavy (non-hydrogen) atoms. The number of hydrogen-bond donors (Lipinski definition) is 1. The van der Waals surface area contributed by atoms with E-state index in [4.69, 9.17) is 23.2 Å². The minimum absolute atomic E-state index is 0.521. The number of rotatable bonds is 2. The van der Waals surface area contributed by atoms with Crippen LogP contribution in [0.5, 0.6) is 0 Å². The van der Waals surface area contributed by atoms with Crippen molar-refractivity contribution in [1.29, 1.82) is 0 Å². The van der Waals surface area contributed by atoms with E-state index in [1.54, 1.807) is 29.5 Å². The van der Waals surface area contributed by atoms with E-state index in [0.29, 0.717) is 15.6 Å². The second kappa shape index (κ2) is 5.66. The lowest BCUT2D eigenvalue weighted by Gasteiger charge is -2.11. The van der Waals surface area contributed by atoms with Gasteiger partial charge in [-0.1, -0.05) is 35.3 Å². The van der Waals surface area contributed by atoms with Crippen LogP contribution in [0.3, 0.4) is 0 Å². The molecule has 0 aliphatic rings.